The maximum absolute atomic E-state index is 11.9. The van der Waals surface area contributed by atoms with E-state index in [0.717, 1.165) is 21.5 Å². The second kappa shape index (κ2) is 9.63. The molecule has 2 aromatic rings. The molecule has 0 aliphatic heterocycles. The monoisotopic (exact) mass is 393 g/mol. The smallest absolute Gasteiger partial charge is 0.230 e. The summed E-state index contributed by atoms with van der Waals surface area (Å²) >= 11 is 4.96. The van der Waals surface area contributed by atoms with E-state index >= 15 is 0 Å². The van der Waals surface area contributed by atoms with Crippen LogP contribution in [0.2, 0.25) is 0 Å². The lowest BCUT2D eigenvalue weighted by molar-refractivity contribution is -0.119. The van der Waals surface area contributed by atoms with E-state index in [-0.39, 0.29) is 11.9 Å². The molecule has 1 amide bonds. The Balaban J connectivity index is 1.60. The van der Waals surface area contributed by atoms with Crippen LogP contribution in [0.5, 0.6) is 5.75 Å². The van der Waals surface area contributed by atoms with E-state index < -0.39 is 0 Å². The number of carbonyl (C=O) groups excluding carboxylic acids is 1. The third-order valence-corrected chi connectivity index (χ3v) is 4.67. The van der Waals surface area contributed by atoms with Gasteiger partial charge in [0, 0.05) is 10.2 Å². The number of hydrogen-bond acceptors (Lipinski definition) is 3. The molecule has 23 heavy (non-hydrogen) atoms. The van der Waals surface area contributed by atoms with Gasteiger partial charge in [-0.05, 0) is 36.8 Å². The Kier molecular flexibility index (Phi) is 7.49. The highest BCUT2D eigenvalue weighted by Gasteiger charge is 2.08. The van der Waals surface area contributed by atoms with E-state index in [9.17, 15) is 4.79 Å². The summed E-state index contributed by atoms with van der Waals surface area (Å²) in [5.74, 6) is 2.12. The van der Waals surface area contributed by atoms with Gasteiger partial charge in [-0.15, -0.1) is 11.8 Å². The van der Waals surface area contributed by atoms with Gasteiger partial charge in [-0.2, -0.15) is 0 Å². The Labute approximate surface area is 149 Å². The largest absolute Gasteiger partial charge is 0.493 e. The van der Waals surface area contributed by atoms with Crippen LogP contribution in [0.25, 0.3) is 0 Å². The third kappa shape index (κ3) is 6.67. The van der Waals surface area contributed by atoms with Crippen LogP contribution in [-0.4, -0.2) is 24.0 Å². The maximum Gasteiger partial charge on any atom is 0.230 e. The number of amides is 1. The van der Waals surface area contributed by atoms with Crippen LogP contribution in [0.4, 0.5) is 0 Å². The Morgan fingerprint density at radius 2 is 1.87 bits per heavy atom. The first-order valence-corrected chi connectivity index (χ1v) is 9.40. The Hall–Kier alpha value is -1.46. The van der Waals surface area contributed by atoms with E-state index in [1.807, 2.05) is 61.5 Å². The molecule has 0 aliphatic rings. The quantitative estimate of drug-likeness (QED) is 0.673. The number of thioether (sulfide) groups is 1. The zero-order valence-electron chi connectivity index (χ0n) is 13.0. The van der Waals surface area contributed by atoms with Crippen molar-refractivity contribution in [2.75, 3.05) is 18.1 Å². The molecule has 0 unspecified atom stereocenters. The number of ether oxygens (including phenoxy) is 1. The van der Waals surface area contributed by atoms with E-state index in [4.69, 9.17) is 4.74 Å². The Morgan fingerprint density at radius 1 is 1.17 bits per heavy atom. The first-order chi connectivity index (χ1) is 11.1. The summed E-state index contributed by atoms with van der Waals surface area (Å²) in [6.07, 6.45) is 0. The summed E-state index contributed by atoms with van der Waals surface area (Å²) in [5, 5.41) is 3.01. The minimum absolute atomic E-state index is 0.0308. The van der Waals surface area contributed by atoms with Crippen LogP contribution in [-0.2, 0) is 4.79 Å². The van der Waals surface area contributed by atoms with Gasteiger partial charge in [0.25, 0.3) is 0 Å². The minimum atomic E-state index is 0.0308. The molecule has 0 saturated carbocycles. The van der Waals surface area contributed by atoms with Crippen LogP contribution in [0.1, 0.15) is 18.5 Å². The van der Waals surface area contributed by atoms with Gasteiger partial charge in [0.2, 0.25) is 5.91 Å². The van der Waals surface area contributed by atoms with Crippen molar-refractivity contribution in [3.63, 3.8) is 0 Å². The Bertz CT molecular complexity index is 604. The van der Waals surface area contributed by atoms with Gasteiger partial charge in [-0.25, -0.2) is 0 Å². The van der Waals surface area contributed by atoms with Gasteiger partial charge >= 0.3 is 0 Å². The van der Waals surface area contributed by atoms with Gasteiger partial charge in [0.1, 0.15) is 5.75 Å². The lowest BCUT2D eigenvalue weighted by Gasteiger charge is -2.14. The first kappa shape index (κ1) is 17.9. The predicted molar refractivity (Wildman–Crippen MR) is 100.0 cm³/mol. The number of hydrogen-bond donors (Lipinski definition) is 1. The zero-order valence-corrected chi connectivity index (χ0v) is 15.4. The highest BCUT2D eigenvalue weighted by molar-refractivity contribution is 9.10. The summed E-state index contributed by atoms with van der Waals surface area (Å²) in [7, 11) is 0. The summed E-state index contributed by atoms with van der Waals surface area (Å²) < 4.78 is 6.65. The van der Waals surface area contributed by atoms with Crippen LogP contribution >= 0.6 is 27.7 Å². The third-order valence-electron chi connectivity index (χ3n) is 3.22. The van der Waals surface area contributed by atoms with Crippen molar-refractivity contribution in [3.05, 3.63) is 64.6 Å². The Morgan fingerprint density at radius 3 is 2.57 bits per heavy atom. The summed E-state index contributed by atoms with van der Waals surface area (Å²) in [5.41, 5.74) is 1.12. The number of benzene rings is 2. The van der Waals surface area contributed by atoms with Crippen molar-refractivity contribution in [2.45, 2.75) is 13.0 Å². The SMILES string of the molecule is C[C@H](NC(=O)CSCCOc1ccc(Br)cc1)c1ccccc1. The van der Waals surface area contributed by atoms with Crippen molar-refractivity contribution < 1.29 is 9.53 Å². The molecule has 0 saturated heterocycles. The fraction of sp³-hybridized carbons (Fsp3) is 0.278. The molecule has 2 rings (SSSR count). The van der Waals surface area contributed by atoms with Gasteiger partial charge in [-0.1, -0.05) is 46.3 Å². The highest BCUT2D eigenvalue weighted by Crippen LogP contribution is 2.16. The van der Waals surface area contributed by atoms with Crippen molar-refractivity contribution in [2.24, 2.45) is 0 Å². The maximum atomic E-state index is 11.9. The molecule has 122 valence electrons. The summed E-state index contributed by atoms with van der Waals surface area (Å²) in [4.78, 5) is 11.9. The van der Waals surface area contributed by atoms with Crippen molar-refractivity contribution >= 4 is 33.6 Å². The van der Waals surface area contributed by atoms with Crippen LogP contribution in [0.15, 0.2) is 59.1 Å². The van der Waals surface area contributed by atoms with Crippen LogP contribution in [0.3, 0.4) is 0 Å². The molecule has 0 radical (unpaired) electrons. The molecule has 0 heterocycles. The fourth-order valence-corrected chi connectivity index (χ4v) is 2.90. The summed E-state index contributed by atoms with van der Waals surface area (Å²) in [6, 6.07) is 17.7. The average Bonchev–Trinajstić information content (AvgIpc) is 2.57. The molecule has 0 spiro atoms. The average molecular weight is 394 g/mol. The topological polar surface area (TPSA) is 38.3 Å². The van der Waals surface area contributed by atoms with Crippen molar-refractivity contribution in [1.29, 1.82) is 0 Å². The number of nitrogens with one attached hydrogen (secondary N) is 1. The molecule has 2 aromatic carbocycles. The van der Waals surface area contributed by atoms with Gasteiger partial charge in [-0.3, -0.25) is 4.79 Å². The number of rotatable bonds is 8. The number of carbonyl (C=O) groups is 1. The fourth-order valence-electron chi connectivity index (χ4n) is 2.02. The van der Waals surface area contributed by atoms with Crippen LogP contribution in [0, 0.1) is 0 Å². The van der Waals surface area contributed by atoms with Crippen molar-refractivity contribution in [1.82, 2.24) is 5.32 Å². The molecular formula is C18H20BrNO2S. The molecule has 1 atom stereocenters. The zero-order chi connectivity index (χ0) is 16.5. The van der Waals surface area contributed by atoms with Gasteiger partial charge in [0.15, 0.2) is 0 Å². The standard InChI is InChI=1S/C18H20BrNO2S/c1-14(15-5-3-2-4-6-15)20-18(21)13-23-12-11-22-17-9-7-16(19)8-10-17/h2-10,14H,11-13H2,1H3,(H,20,21)/t14-/m0/s1. The highest BCUT2D eigenvalue weighted by atomic mass is 79.9. The van der Waals surface area contributed by atoms with Crippen molar-refractivity contribution in [3.8, 4) is 5.75 Å². The van der Waals surface area contributed by atoms with E-state index in [1.165, 1.54) is 0 Å². The second-order valence-corrected chi connectivity index (χ2v) is 7.08. The predicted octanol–water partition coefficient (Wildman–Crippen LogP) is 4.44. The molecule has 0 aliphatic carbocycles. The van der Waals surface area contributed by atoms with E-state index in [0.29, 0.717) is 12.4 Å². The lowest BCUT2D eigenvalue weighted by atomic mass is 10.1. The molecule has 0 bridgehead atoms. The first-order valence-electron chi connectivity index (χ1n) is 7.45. The molecule has 3 nitrogen and oxygen atoms in total. The molecular weight excluding hydrogens is 374 g/mol. The van der Waals surface area contributed by atoms with Gasteiger partial charge in [0.05, 0.1) is 18.4 Å². The molecule has 5 heteroatoms. The van der Waals surface area contributed by atoms with E-state index in [2.05, 4.69) is 21.2 Å². The molecule has 0 aromatic heterocycles. The second-order valence-electron chi connectivity index (χ2n) is 5.05. The minimum Gasteiger partial charge on any atom is -0.493 e. The molecule has 0 fully saturated rings. The molecule has 1 N–H and O–H groups in total. The van der Waals surface area contributed by atoms with Crippen LogP contribution < -0.4 is 10.1 Å². The summed E-state index contributed by atoms with van der Waals surface area (Å²) in [6.45, 7) is 2.59. The normalized spacial score (nSPS) is 11.7. The van der Waals surface area contributed by atoms with Gasteiger partial charge < -0.3 is 10.1 Å². The van der Waals surface area contributed by atoms with E-state index in [1.54, 1.807) is 11.8 Å². The lowest BCUT2D eigenvalue weighted by Crippen LogP contribution is -2.28. The number of halogens is 1.